The molecule has 0 fully saturated rings. The number of methoxy groups -OCH3 is 1. The molecule has 0 heterocycles. The predicted octanol–water partition coefficient (Wildman–Crippen LogP) is 3.82. The van der Waals surface area contributed by atoms with Gasteiger partial charge in [-0.3, -0.25) is 0 Å². The maximum absolute atomic E-state index is 5.74. The number of nitrogens with zero attached hydrogens (tertiary/aromatic N) is 1. The van der Waals surface area contributed by atoms with Crippen LogP contribution in [0.1, 0.15) is 39.7 Å². The summed E-state index contributed by atoms with van der Waals surface area (Å²) < 4.78 is 10.8. The molecule has 0 saturated carbocycles. The number of guanidine groups is 1. The van der Waals surface area contributed by atoms with Gasteiger partial charge in [-0.15, -0.1) is 24.0 Å². The molecule has 0 amide bonds. The van der Waals surface area contributed by atoms with Crippen molar-refractivity contribution in [3.05, 3.63) is 29.8 Å². The van der Waals surface area contributed by atoms with Crippen LogP contribution in [0.15, 0.2) is 29.3 Å². The Morgan fingerprint density at radius 1 is 1.20 bits per heavy atom. The van der Waals surface area contributed by atoms with Crippen LogP contribution in [-0.2, 0) is 11.3 Å². The van der Waals surface area contributed by atoms with Crippen molar-refractivity contribution in [2.24, 2.45) is 10.9 Å². The Balaban J connectivity index is 0.00000576. The largest absolute Gasteiger partial charge is 0.493 e. The van der Waals surface area contributed by atoms with E-state index in [0.29, 0.717) is 25.1 Å². The van der Waals surface area contributed by atoms with Gasteiger partial charge in [0.2, 0.25) is 0 Å². The fourth-order valence-corrected chi connectivity index (χ4v) is 2.00. The van der Waals surface area contributed by atoms with Crippen molar-refractivity contribution in [2.45, 2.75) is 46.7 Å². The molecule has 144 valence electrons. The normalized spacial score (nSPS) is 12.5. The SMILES string of the molecule is CCNC(=NCc1cccc(OCCCOC)c1)NC(C)C(C)C.I. The first-order chi connectivity index (χ1) is 11.6. The molecule has 1 unspecified atom stereocenters. The monoisotopic (exact) mass is 463 g/mol. The van der Waals surface area contributed by atoms with Gasteiger partial charge < -0.3 is 20.1 Å². The second-order valence-electron chi connectivity index (χ2n) is 6.21. The van der Waals surface area contributed by atoms with Gasteiger partial charge in [-0.2, -0.15) is 0 Å². The fourth-order valence-electron chi connectivity index (χ4n) is 2.00. The Hall–Kier alpha value is -1.02. The Morgan fingerprint density at radius 3 is 2.60 bits per heavy atom. The summed E-state index contributed by atoms with van der Waals surface area (Å²) in [5.74, 6) is 2.29. The number of benzene rings is 1. The third kappa shape index (κ3) is 10.5. The third-order valence-electron chi connectivity index (χ3n) is 3.79. The highest BCUT2D eigenvalue weighted by Crippen LogP contribution is 2.14. The second kappa shape index (κ2) is 14.2. The van der Waals surface area contributed by atoms with Gasteiger partial charge in [0.05, 0.1) is 13.2 Å². The summed E-state index contributed by atoms with van der Waals surface area (Å²) in [6, 6.07) is 8.48. The first-order valence-corrected chi connectivity index (χ1v) is 8.82. The zero-order valence-corrected chi connectivity index (χ0v) is 18.5. The van der Waals surface area contributed by atoms with Crippen molar-refractivity contribution in [3.63, 3.8) is 0 Å². The highest BCUT2D eigenvalue weighted by atomic mass is 127. The number of hydrogen-bond donors (Lipinski definition) is 2. The zero-order chi connectivity index (χ0) is 17.8. The number of ether oxygens (including phenoxy) is 2. The van der Waals surface area contributed by atoms with E-state index in [9.17, 15) is 0 Å². The highest BCUT2D eigenvalue weighted by molar-refractivity contribution is 14.0. The van der Waals surface area contributed by atoms with Crippen LogP contribution in [0.5, 0.6) is 5.75 Å². The van der Waals surface area contributed by atoms with Crippen LogP contribution in [0, 0.1) is 5.92 Å². The Kier molecular flexibility index (Phi) is 13.6. The molecule has 25 heavy (non-hydrogen) atoms. The van der Waals surface area contributed by atoms with Crippen molar-refractivity contribution in [2.75, 3.05) is 26.9 Å². The van der Waals surface area contributed by atoms with Crippen LogP contribution in [-0.4, -0.2) is 38.9 Å². The summed E-state index contributed by atoms with van der Waals surface area (Å²) in [5, 5.41) is 6.74. The maximum Gasteiger partial charge on any atom is 0.191 e. The minimum atomic E-state index is 0. The second-order valence-corrected chi connectivity index (χ2v) is 6.21. The molecule has 1 atom stereocenters. The number of rotatable bonds is 10. The van der Waals surface area contributed by atoms with E-state index >= 15 is 0 Å². The van der Waals surface area contributed by atoms with E-state index < -0.39 is 0 Å². The number of aliphatic imine (C=N–C) groups is 1. The standard InChI is InChI=1S/C19H33N3O2.HI/c1-6-20-19(22-16(4)15(2)3)21-14-17-9-7-10-18(13-17)24-12-8-11-23-5;/h7,9-10,13,15-16H,6,8,11-12,14H2,1-5H3,(H2,20,21,22);1H. The number of nitrogens with one attached hydrogen (secondary N) is 2. The van der Waals surface area contributed by atoms with Crippen molar-refractivity contribution >= 4 is 29.9 Å². The van der Waals surface area contributed by atoms with E-state index in [1.807, 2.05) is 18.2 Å². The Labute approximate surface area is 170 Å². The molecule has 2 N–H and O–H groups in total. The van der Waals surface area contributed by atoms with Gasteiger partial charge in [-0.25, -0.2) is 4.99 Å². The van der Waals surface area contributed by atoms with Crippen LogP contribution in [0.4, 0.5) is 0 Å². The maximum atomic E-state index is 5.74. The van der Waals surface area contributed by atoms with Crippen molar-refractivity contribution in [1.29, 1.82) is 0 Å². The Morgan fingerprint density at radius 2 is 1.96 bits per heavy atom. The van der Waals surface area contributed by atoms with Gasteiger partial charge in [-0.1, -0.05) is 26.0 Å². The van der Waals surface area contributed by atoms with Gasteiger partial charge in [0.25, 0.3) is 0 Å². The molecule has 0 aliphatic heterocycles. The molecular weight excluding hydrogens is 429 g/mol. The van der Waals surface area contributed by atoms with E-state index in [-0.39, 0.29) is 24.0 Å². The molecule has 6 heteroatoms. The molecule has 0 aliphatic carbocycles. The topological polar surface area (TPSA) is 54.9 Å². The molecule has 0 spiro atoms. The lowest BCUT2D eigenvalue weighted by atomic mass is 10.1. The fraction of sp³-hybridized carbons (Fsp3) is 0.632. The smallest absolute Gasteiger partial charge is 0.191 e. The first-order valence-electron chi connectivity index (χ1n) is 8.82. The summed E-state index contributed by atoms with van der Waals surface area (Å²) in [7, 11) is 1.70. The van der Waals surface area contributed by atoms with Gasteiger partial charge in [0.1, 0.15) is 5.75 Å². The summed E-state index contributed by atoms with van der Waals surface area (Å²) >= 11 is 0. The Bertz CT molecular complexity index is 495. The van der Waals surface area contributed by atoms with Crippen molar-refractivity contribution in [1.82, 2.24) is 10.6 Å². The molecule has 1 rings (SSSR count). The minimum absolute atomic E-state index is 0. The van der Waals surface area contributed by atoms with Crippen LogP contribution >= 0.6 is 24.0 Å². The van der Waals surface area contributed by atoms with Gasteiger partial charge in [-0.05, 0) is 37.5 Å². The van der Waals surface area contributed by atoms with E-state index in [0.717, 1.165) is 36.8 Å². The molecule has 0 aliphatic rings. The summed E-state index contributed by atoms with van der Waals surface area (Å²) in [6.45, 7) is 11.5. The quantitative estimate of drug-likeness (QED) is 0.240. The molecule has 1 aromatic carbocycles. The predicted molar refractivity (Wildman–Crippen MR) is 116 cm³/mol. The van der Waals surface area contributed by atoms with E-state index in [4.69, 9.17) is 9.47 Å². The van der Waals surface area contributed by atoms with Crippen LogP contribution in [0.25, 0.3) is 0 Å². The van der Waals surface area contributed by atoms with E-state index in [1.165, 1.54) is 0 Å². The molecule has 1 aromatic rings. The molecular formula is C19H34IN3O2. The highest BCUT2D eigenvalue weighted by Gasteiger charge is 2.08. The average Bonchev–Trinajstić information content (AvgIpc) is 2.57. The first kappa shape index (κ1) is 24.0. The van der Waals surface area contributed by atoms with Crippen LogP contribution < -0.4 is 15.4 Å². The third-order valence-corrected chi connectivity index (χ3v) is 3.79. The lowest BCUT2D eigenvalue weighted by Crippen LogP contribution is -2.44. The summed E-state index contributed by atoms with van der Waals surface area (Å²) in [4.78, 5) is 4.68. The lowest BCUT2D eigenvalue weighted by molar-refractivity contribution is 0.172. The zero-order valence-electron chi connectivity index (χ0n) is 16.2. The summed E-state index contributed by atoms with van der Waals surface area (Å²) in [6.07, 6.45) is 0.889. The number of hydrogen-bond acceptors (Lipinski definition) is 3. The molecule has 5 nitrogen and oxygen atoms in total. The summed E-state index contributed by atoms with van der Waals surface area (Å²) in [5.41, 5.74) is 1.13. The van der Waals surface area contributed by atoms with Gasteiger partial charge >= 0.3 is 0 Å². The van der Waals surface area contributed by atoms with E-state index in [2.05, 4.69) is 49.4 Å². The minimum Gasteiger partial charge on any atom is -0.493 e. The van der Waals surface area contributed by atoms with Gasteiger partial charge in [0, 0.05) is 32.7 Å². The molecule has 0 radical (unpaired) electrons. The van der Waals surface area contributed by atoms with E-state index in [1.54, 1.807) is 7.11 Å². The average molecular weight is 463 g/mol. The van der Waals surface area contributed by atoms with Crippen LogP contribution in [0.3, 0.4) is 0 Å². The lowest BCUT2D eigenvalue weighted by Gasteiger charge is -2.20. The number of halogens is 1. The van der Waals surface area contributed by atoms with Crippen LogP contribution in [0.2, 0.25) is 0 Å². The van der Waals surface area contributed by atoms with Gasteiger partial charge in [0.15, 0.2) is 5.96 Å². The van der Waals surface area contributed by atoms with Crippen molar-refractivity contribution in [3.8, 4) is 5.75 Å². The van der Waals surface area contributed by atoms with Crippen molar-refractivity contribution < 1.29 is 9.47 Å². The molecule has 0 saturated heterocycles. The molecule has 0 aromatic heterocycles. The molecule has 0 bridgehead atoms.